The lowest BCUT2D eigenvalue weighted by Crippen LogP contribution is -2.53. The normalized spacial score (nSPS) is 11.7. The highest BCUT2D eigenvalue weighted by molar-refractivity contribution is 4.86. The molecular weight excluding hydrogens is 1030 g/mol. The Balaban J connectivity index is -0.000000210. The highest BCUT2D eigenvalue weighted by Crippen LogP contribution is 2.24. The molecule has 0 aromatic carbocycles. The van der Waals surface area contributed by atoms with Gasteiger partial charge in [0.25, 0.3) is 0 Å². The van der Waals surface area contributed by atoms with Crippen LogP contribution in [0.5, 0.6) is 0 Å². The van der Waals surface area contributed by atoms with E-state index in [0.29, 0.717) is 91.4 Å². The van der Waals surface area contributed by atoms with Gasteiger partial charge in [-0.25, -0.2) is 0 Å². The highest BCUT2D eigenvalue weighted by Gasteiger charge is 2.30. The van der Waals surface area contributed by atoms with E-state index in [-0.39, 0.29) is 11.1 Å². The van der Waals surface area contributed by atoms with Crippen molar-refractivity contribution in [2.75, 3.05) is 254 Å². The quantitative estimate of drug-likeness (QED) is 0.0536. The molecule has 0 aromatic heterocycles. The van der Waals surface area contributed by atoms with Crippen LogP contribution in [0.25, 0.3) is 0 Å². The summed E-state index contributed by atoms with van der Waals surface area (Å²) in [6, 6.07) is 1.17. The van der Waals surface area contributed by atoms with Crippen LogP contribution < -0.4 is 0 Å². The predicted octanol–water partition coefficient (Wildman–Crippen LogP) is 9.45. The Kier molecular flexibility index (Phi) is 81.0. The minimum Gasteiger partial charge on any atom is -0.382 e. The molecule has 0 aliphatic rings. The predicted molar refractivity (Wildman–Crippen MR) is 344 cm³/mol. The Hall–Kier alpha value is -0.720. The lowest BCUT2D eigenvalue weighted by molar-refractivity contribution is -0.00343. The number of likely N-dealkylation sites (N-methyl/N-ethyl adjacent to an activating group) is 3. The minimum atomic E-state index is 0.170. The standard InChI is InChI=1S/2C13H29NO2.C11H25NO2.C10H23NO2.C9H21NO2.C7H17NO2/c1-12(2,3)14(13(4,5)6)8-9-16-11-10-15-7;1-4-6-8-14(9-7-5-2)10-11-16-13-12-15-3;1-10(2)12(11(3)4)6-7-14-9-8-13-5;1-4-6-11(5-2)7-8-13-10-9-12-3;1-4-10(5-2)6-7-12-9-8-11-3;1-8(2)4-5-10-7-6-9-3/h8-11H2,1-7H3;4-13H2,1-3H3;10-11H,6-9H2,1-5H3;4-10H2,1-3H3;4-9H2,1-3H3;4-7H2,1-3H3. The molecule has 0 aliphatic heterocycles. The monoisotopic (exact) mass is 1180 g/mol. The molecule has 0 saturated heterocycles. The summed E-state index contributed by atoms with van der Waals surface area (Å²) < 4.78 is 61.8. The summed E-state index contributed by atoms with van der Waals surface area (Å²) in [5.41, 5.74) is 0.339. The van der Waals surface area contributed by atoms with Crippen molar-refractivity contribution in [3.63, 3.8) is 0 Å². The molecule has 18 heteroatoms. The third-order valence-corrected chi connectivity index (χ3v) is 12.4. The second-order valence-corrected chi connectivity index (χ2v) is 22.4. The molecule has 0 saturated carbocycles. The van der Waals surface area contributed by atoms with E-state index in [1.807, 2.05) is 14.1 Å². The van der Waals surface area contributed by atoms with Crippen molar-refractivity contribution in [1.82, 2.24) is 29.4 Å². The molecule has 498 valence electrons. The van der Waals surface area contributed by atoms with E-state index < -0.39 is 0 Å². The molecule has 0 unspecified atom stereocenters. The summed E-state index contributed by atoms with van der Waals surface area (Å²) in [7, 11) is 14.2. The summed E-state index contributed by atoms with van der Waals surface area (Å²) in [6.07, 6.45) is 6.34. The summed E-state index contributed by atoms with van der Waals surface area (Å²) in [5, 5.41) is 0. The van der Waals surface area contributed by atoms with Gasteiger partial charge in [0.1, 0.15) is 0 Å². The maximum absolute atomic E-state index is 5.53. The van der Waals surface area contributed by atoms with Crippen LogP contribution in [-0.4, -0.2) is 307 Å². The van der Waals surface area contributed by atoms with Gasteiger partial charge in [0, 0.05) is 105 Å². The minimum absolute atomic E-state index is 0.170. The first-order valence-corrected chi connectivity index (χ1v) is 31.4. The number of methoxy groups -OCH3 is 6. The van der Waals surface area contributed by atoms with E-state index in [0.717, 1.165) is 98.5 Å². The van der Waals surface area contributed by atoms with Gasteiger partial charge < -0.3 is 76.4 Å². The first-order valence-electron chi connectivity index (χ1n) is 31.4. The molecule has 81 heavy (non-hydrogen) atoms. The zero-order valence-corrected chi connectivity index (χ0v) is 58.5. The van der Waals surface area contributed by atoms with E-state index in [1.165, 1.54) is 51.7 Å². The van der Waals surface area contributed by atoms with Gasteiger partial charge in [0.05, 0.1) is 119 Å². The third-order valence-electron chi connectivity index (χ3n) is 12.4. The summed E-state index contributed by atoms with van der Waals surface area (Å²) >= 11 is 0. The molecule has 0 heterocycles. The van der Waals surface area contributed by atoms with Crippen molar-refractivity contribution in [3.05, 3.63) is 0 Å². The molecule has 0 radical (unpaired) electrons. The third kappa shape index (κ3) is 77.3. The molecule has 0 N–H and O–H groups in total. The first-order chi connectivity index (χ1) is 38.6. The molecule has 18 nitrogen and oxygen atoms in total. The summed E-state index contributed by atoms with van der Waals surface area (Å²) in [6.45, 7) is 61.6. The topological polar surface area (TPSA) is 130 Å². The van der Waals surface area contributed by atoms with Crippen LogP contribution in [0.15, 0.2) is 0 Å². The molecule has 0 spiro atoms. The number of hydrogen-bond acceptors (Lipinski definition) is 18. The number of nitrogens with zero attached hydrogens (tertiary/aromatic N) is 6. The fourth-order valence-electron chi connectivity index (χ4n) is 7.79. The van der Waals surface area contributed by atoms with Crippen LogP contribution >= 0.6 is 0 Å². The molecule has 0 bridgehead atoms. The van der Waals surface area contributed by atoms with Crippen LogP contribution in [0.1, 0.15) is 143 Å². The van der Waals surface area contributed by atoms with E-state index >= 15 is 0 Å². The largest absolute Gasteiger partial charge is 0.382 e. The smallest absolute Gasteiger partial charge is 0.0700 e. The average Bonchev–Trinajstić information content (AvgIpc) is 3.41. The van der Waals surface area contributed by atoms with Crippen molar-refractivity contribution in [1.29, 1.82) is 0 Å². The van der Waals surface area contributed by atoms with Gasteiger partial charge >= 0.3 is 0 Å². The maximum atomic E-state index is 5.53. The molecule has 0 rings (SSSR count). The number of ether oxygens (including phenoxy) is 12. The molecule has 0 aliphatic carbocycles. The molecular formula is C63H144N6O12. The highest BCUT2D eigenvalue weighted by atomic mass is 16.5. The van der Waals surface area contributed by atoms with Crippen LogP contribution in [0.2, 0.25) is 0 Å². The van der Waals surface area contributed by atoms with E-state index in [2.05, 4.69) is 140 Å². The second-order valence-electron chi connectivity index (χ2n) is 22.4. The molecule has 0 aromatic rings. The Morgan fingerprint density at radius 3 is 0.840 bits per heavy atom. The number of unbranched alkanes of at least 4 members (excludes halogenated alkanes) is 2. The molecule has 0 atom stereocenters. The van der Waals surface area contributed by atoms with Crippen LogP contribution in [0.4, 0.5) is 0 Å². The molecule has 0 amide bonds. The van der Waals surface area contributed by atoms with Gasteiger partial charge in [0.15, 0.2) is 0 Å². The van der Waals surface area contributed by atoms with Crippen LogP contribution in [-0.2, 0) is 56.8 Å². The Morgan fingerprint density at radius 2 is 0.580 bits per heavy atom. The lowest BCUT2D eigenvalue weighted by atomic mass is 9.96. The van der Waals surface area contributed by atoms with Crippen molar-refractivity contribution in [2.24, 2.45) is 0 Å². The van der Waals surface area contributed by atoms with Crippen molar-refractivity contribution in [3.8, 4) is 0 Å². The first kappa shape index (κ1) is 91.5. The number of rotatable bonds is 49. The van der Waals surface area contributed by atoms with E-state index in [9.17, 15) is 0 Å². The SMILES string of the molecule is CCCCN(CCCC)CCOCCOC.CCCN(CC)CCOCCOC.CCN(CC)CCOCCOC.COCCOCCN(C(C)(C)C)C(C)(C)C.COCCOCCN(C(C)C)C(C)C.COCCOCCN(C)C. The van der Waals surface area contributed by atoms with Gasteiger partial charge in [-0.1, -0.05) is 54.4 Å². The maximum Gasteiger partial charge on any atom is 0.0700 e. The van der Waals surface area contributed by atoms with Crippen molar-refractivity contribution < 1.29 is 56.8 Å². The fourth-order valence-corrected chi connectivity index (χ4v) is 7.79. The summed E-state index contributed by atoms with van der Waals surface area (Å²) in [5.74, 6) is 0. The fraction of sp³-hybridized carbons (Fsp3) is 1.00. The van der Waals surface area contributed by atoms with Gasteiger partial charge in [-0.2, -0.15) is 0 Å². The average molecular weight is 1180 g/mol. The van der Waals surface area contributed by atoms with Gasteiger partial charge in [-0.3, -0.25) is 9.80 Å². The Labute approximate surface area is 504 Å². The van der Waals surface area contributed by atoms with E-state index in [1.54, 1.807) is 42.7 Å². The van der Waals surface area contributed by atoms with Crippen LogP contribution in [0.3, 0.4) is 0 Å². The van der Waals surface area contributed by atoms with Crippen molar-refractivity contribution in [2.45, 2.75) is 166 Å². The van der Waals surface area contributed by atoms with E-state index in [4.69, 9.17) is 56.8 Å². The van der Waals surface area contributed by atoms with Crippen LogP contribution in [0, 0.1) is 0 Å². The number of hydrogen-bond donors (Lipinski definition) is 0. The Bertz CT molecular complexity index is 1080. The zero-order chi connectivity index (χ0) is 62.9. The van der Waals surface area contributed by atoms with Crippen molar-refractivity contribution >= 4 is 0 Å². The molecule has 0 fully saturated rings. The van der Waals surface area contributed by atoms with Gasteiger partial charge in [-0.05, 0) is 142 Å². The summed E-state index contributed by atoms with van der Waals surface area (Å²) in [4.78, 5) is 14.2. The van der Waals surface area contributed by atoms with Gasteiger partial charge in [-0.15, -0.1) is 0 Å². The second kappa shape index (κ2) is 71.8. The van der Waals surface area contributed by atoms with Gasteiger partial charge in [0.2, 0.25) is 0 Å². The lowest BCUT2D eigenvalue weighted by Gasteiger charge is -2.45. The Morgan fingerprint density at radius 1 is 0.296 bits per heavy atom. The zero-order valence-electron chi connectivity index (χ0n) is 58.5.